The third kappa shape index (κ3) is 6.77. The van der Waals surface area contributed by atoms with Gasteiger partial charge in [-0.3, -0.25) is 4.79 Å². The van der Waals surface area contributed by atoms with Crippen LogP contribution in [0.4, 0.5) is 0 Å². The molecule has 0 saturated heterocycles. The fourth-order valence-corrected chi connectivity index (χ4v) is 2.25. The van der Waals surface area contributed by atoms with Crippen LogP contribution in [-0.4, -0.2) is 30.9 Å². The zero-order valence-corrected chi connectivity index (χ0v) is 14.5. The lowest BCUT2D eigenvalue weighted by atomic mass is 9.96. The van der Waals surface area contributed by atoms with Crippen LogP contribution in [0, 0.1) is 0 Å². The van der Waals surface area contributed by atoms with Crippen LogP contribution < -0.4 is 5.32 Å². The first-order valence-corrected chi connectivity index (χ1v) is 7.79. The maximum absolute atomic E-state index is 11.6. The minimum absolute atomic E-state index is 0.0743. The van der Waals surface area contributed by atoms with E-state index in [9.17, 15) is 9.59 Å². The zero-order valence-electron chi connectivity index (χ0n) is 13.0. The summed E-state index contributed by atoms with van der Waals surface area (Å²) in [5.74, 6) is -0.402. The van der Waals surface area contributed by atoms with Gasteiger partial charge in [0.05, 0.1) is 16.6 Å². The highest BCUT2D eigenvalue weighted by Gasteiger charge is 2.17. The monoisotopic (exact) mass is 345 g/mol. The first-order chi connectivity index (χ1) is 10.2. The van der Waals surface area contributed by atoms with E-state index in [-0.39, 0.29) is 18.4 Å². The van der Waals surface area contributed by atoms with Crippen LogP contribution in [0.1, 0.15) is 38.7 Å². The van der Waals surface area contributed by atoms with E-state index in [1.807, 2.05) is 26.8 Å². The Labute approximate surface area is 141 Å². The maximum atomic E-state index is 11.6. The van der Waals surface area contributed by atoms with Crippen molar-refractivity contribution in [1.29, 1.82) is 0 Å². The molecule has 122 valence electrons. The number of hydrogen-bond donors (Lipinski definition) is 1. The molecular formula is C16H21Cl2NO3. The number of rotatable bonds is 7. The second kappa shape index (κ2) is 8.51. The number of carbonyl (C=O) groups excluding carboxylic acids is 2. The van der Waals surface area contributed by atoms with E-state index in [1.165, 1.54) is 0 Å². The van der Waals surface area contributed by atoms with Crippen LogP contribution in [0.5, 0.6) is 0 Å². The molecule has 0 unspecified atom stereocenters. The van der Waals surface area contributed by atoms with E-state index in [1.54, 1.807) is 12.1 Å². The molecule has 0 aliphatic rings. The van der Waals surface area contributed by atoms with Gasteiger partial charge in [-0.25, -0.2) is 0 Å². The average molecular weight is 346 g/mol. The fourth-order valence-electron chi connectivity index (χ4n) is 1.95. The predicted molar refractivity (Wildman–Crippen MR) is 88.6 cm³/mol. The smallest absolute Gasteiger partial charge is 0.320 e. The highest BCUT2D eigenvalue weighted by Crippen LogP contribution is 2.27. The van der Waals surface area contributed by atoms with Gasteiger partial charge in [-0.15, -0.1) is 0 Å². The number of halogens is 2. The first-order valence-electron chi connectivity index (χ1n) is 7.04. The van der Waals surface area contributed by atoms with Gasteiger partial charge in [0.2, 0.25) is 0 Å². The molecule has 1 atom stereocenters. The Morgan fingerprint density at radius 2 is 2.00 bits per heavy atom. The van der Waals surface area contributed by atoms with Crippen LogP contribution in [0.25, 0.3) is 0 Å². The van der Waals surface area contributed by atoms with E-state index >= 15 is 0 Å². The predicted octanol–water partition coefficient (Wildman–Crippen LogP) is 3.60. The zero-order chi connectivity index (χ0) is 16.8. The number of benzene rings is 1. The molecule has 0 heterocycles. The van der Waals surface area contributed by atoms with E-state index in [0.29, 0.717) is 23.0 Å². The molecule has 1 aromatic carbocycles. The Hall–Kier alpha value is -1.10. The van der Waals surface area contributed by atoms with Crippen LogP contribution in [0.3, 0.4) is 0 Å². The lowest BCUT2D eigenvalue weighted by molar-refractivity contribution is -0.153. The third-order valence-corrected chi connectivity index (χ3v) is 3.61. The summed E-state index contributed by atoms with van der Waals surface area (Å²) in [6.45, 7) is 6.01. The molecule has 1 N–H and O–H groups in total. The highest BCUT2D eigenvalue weighted by atomic mass is 35.5. The van der Waals surface area contributed by atoms with Gasteiger partial charge in [0.1, 0.15) is 11.9 Å². The topological polar surface area (TPSA) is 55.4 Å². The van der Waals surface area contributed by atoms with Crippen molar-refractivity contribution in [3.63, 3.8) is 0 Å². The molecule has 0 saturated carbocycles. The minimum Gasteiger partial charge on any atom is -0.459 e. The number of nitrogens with one attached hydrogen (secondary N) is 1. The number of esters is 1. The summed E-state index contributed by atoms with van der Waals surface area (Å²) in [5, 5.41) is 3.93. The molecule has 0 aliphatic carbocycles. The van der Waals surface area contributed by atoms with E-state index in [2.05, 4.69) is 5.32 Å². The molecule has 0 amide bonds. The molecule has 0 fully saturated rings. The summed E-state index contributed by atoms with van der Waals surface area (Å²) in [6.07, 6.45) is 1.18. The Balaban J connectivity index is 2.59. The van der Waals surface area contributed by atoms with Crippen molar-refractivity contribution in [1.82, 2.24) is 5.32 Å². The first kappa shape index (κ1) is 18.9. The second-order valence-electron chi connectivity index (χ2n) is 5.99. The molecule has 0 spiro atoms. The highest BCUT2D eigenvalue weighted by molar-refractivity contribution is 6.42. The lowest BCUT2D eigenvalue weighted by Gasteiger charge is -2.20. The fraction of sp³-hybridized carbons (Fsp3) is 0.500. The van der Waals surface area contributed by atoms with Gasteiger partial charge < -0.3 is 14.8 Å². The minimum atomic E-state index is -0.509. The standard InChI is InChI=1S/C16H21Cl2NO3/c1-16(2,3)22-15(21)10-19-9-12(6-7-20)11-4-5-13(17)14(18)8-11/h4-5,7-8,12,19H,6,9-10H2,1-3H3/t12-/m1/s1. The van der Waals surface area contributed by atoms with Crippen molar-refractivity contribution in [2.24, 2.45) is 0 Å². The quantitative estimate of drug-likeness (QED) is 0.605. The van der Waals surface area contributed by atoms with Gasteiger partial charge in [-0.1, -0.05) is 29.3 Å². The summed E-state index contributed by atoms with van der Waals surface area (Å²) in [5.41, 5.74) is 0.392. The van der Waals surface area contributed by atoms with Crippen LogP contribution in [0.2, 0.25) is 10.0 Å². The third-order valence-electron chi connectivity index (χ3n) is 2.88. The summed E-state index contributed by atoms with van der Waals surface area (Å²) < 4.78 is 5.21. The second-order valence-corrected chi connectivity index (χ2v) is 6.80. The van der Waals surface area contributed by atoms with Crippen molar-refractivity contribution in [3.8, 4) is 0 Å². The SMILES string of the molecule is CC(C)(C)OC(=O)CNC[C@@H](CC=O)c1ccc(Cl)c(Cl)c1. The molecule has 0 aromatic heterocycles. The van der Waals surface area contributed by atoms with Gasteiger partial charge in [0.15, 0.2) is 0 Å². The summed E-state index contributed by atoms with van der Waals surface area (Å²) in [6, 6.07) is 5.27. The van der Waals surface area contributed by atoms with Crippen molar-refractivity contribution in [2.45, 2.75) is 38.7 Å². The van der Waals surface area contributed by atoms with Crippen molar-refractivity contribution in [3.05, 3.63) is 33.8 Å². The van der Waals surface area contributed by atoms with E-state index in [4.69, 9.17) is 27.9 Å². The molecule has 0 bridgehead atoms. The van der Waals surface area contributed by atoms with E-state index < -0.39 is 5.60 Å². The van der Waals surface area contributed by atoms with Gasteiger partial charge >= 0.3 is 5.97 Å². The average Bonchev–Trinajstić information content (AvgIpc) is 2.39. The summed E-state index contributed by atoms with van der Waals surface area (Å²) >= 11 is 11.9. The number of carbonyl (C=O) groups is 2. The molecule has 22 heavy (non-hydrogen) atoms. The normalized spacial score (nSPS) is 12.8. The van der Waals surface area contributed by atoms with Crippen molar-refractivity contribution in [2.75, 3.05) is 13.1 Å². The van der Waals surface area contributed by atoms with Gasteiger partial charge in [0.25, 0.3) is 0 Å². The molecule has 1 aromatic rings. The van der Waals surface area contributed by atoms with Gasteiger partial charge in [-0.2, -0.15) is 0 Å². The van der Waals surface area contributed by atoms with E-state index in [0.717, 1.165) is 11.8 Å². The van der Waals surface area contributed by atoms with Crippen LogP contribution in [-0.2, 0) is 14.3 Å². The van der Waals surface area contributed by atoms with Crippen LogP contribution >= 0.6 is 23.2 Å². The Kier molecular flexibility index (Phi) is 7.33. The Bertz CT molecular complexity index is 527. The molecular weight excluding hydrogens is 325 g/mol. The van der Waals surface area contributed by atoms with Crippen molar-refractivity contribution < 1.29 is 14.3 Å². The summed E-state index contributed by atoms with van der Waals surface area (Å²) in [7, 11) is 0. The van der Waals surface area contributed by atoms with Crippen LogP contribution in [0.15, 0.2) is 18.2 Å². The molecule has 1 rings (SSSR count). The number of hydrogen-bond acceptors (Lipinski definition) is 4. The number of ether oxygens (including phenoxy) is 1. The summed E-state index contributed by atoms with van der Waals surface area (Å²) in [4.78, 5) is 22.5. The molecule has 6 heteroatoms. The van der Waals surface area contributed by atoms with Gasteiger partial charge in [0, 0.05) is 18.9 Å². The molecule has 0 radical (unpaired) electrons. The number of aldehydes is 1. The lowest BCUT2D eigenvalue weighted by Crippen LogP contribution is -2.33. The molecule has 4 nitrogen and oxygen atoms in total. The largest absolute Gasteiger partial charge is 0.459 e. The Morgan fingerprint density at radius 1 is 1.32 bits per heavy atom. The molecule has 0 aliphatic heterocycles. The van der Waals surface area contributed by atoms with Gasteiger partial charge in [-0.05, 0) is 38.5 Å². The van der Waals surface area contributed by atoms with Crippen molar-refractivity contribution >= 4 is 35.5 Å². The Morgan fingerprint density at radius 3 is 2.55 bits per heavy atom. The maximum Gasteiger partial charge on any atom is 0.320 e.